The number of carbonyl (C=O) groups excluding carboxylic acids is 2. The minimum absolute atomic E-state index is 0.180. The number of para-hydroxylation sites is 1. The second-order valence-electron chi connectivity index (χ2n) is 10.5. The normalized spacial score (nSPS) is 17.2. The van der Waals surface area contributed by atoms with Crippen molar-refractivity contribution >= 4 is 11.9 Å². The molecule has 0 spiro atoms. The molecule has 1 saturated carbocycles. The Hall–Kier alpha value is -3.44. The SMILES string of the molecule is O=C(Oc1ccccc1CCC(=O)N(C1CCCCC1)N1CCC(c2ccccc2)CC1)c1ccccc1. The fraction of sp³-hybridized carbons (Fsp3) is 0.394. The second-order valence-corrected chi connectivity index (χ2v) is 10.5. The number of amides is 1. The third-order valence-electron chi connectivity index (χ3n) is 8.02. The molecule has 0 radical (unpaired) electrons. The van der Waals surface area contributed by atoms with Crippen LogP contribution in [-0.2, 0) is 11.2 Å². The minimum Gasteiger partial charge on any atom is -0.423 e. The lowest BCUT2D eigenvalue weighted by atomic mass is 9.89. The van der Waals surface area contributed by atoms with Crippen molar-refractivity contribution in [1.29, 1.82) is 0 Å². The predicted molar refractivity (Wildman–Crippen MR) is 150 cm³/mol. The Morgan fingerprint density at radius 1 is 0.763 bits per heavy atom. The summed E-state index contributed by atoms with van der Waals surface area (Å²) in [7, 11) is 0. The van der Waals surface area contributed by atoms with E-state index in [1.807, 2.05) is 42.5 Å². The molecule has 2 aliphatic rings. The van der Waals surface area contributed by atoms with Gasteiger partial charge < -0.3 is 4.74 Å². The zero-order valence-corrected chi connectivity index (χ0v) is 22.1. The van der Waals surface area contributed by atoms with Crippen LogP contribution in [0.3, 0.4) is 0 Å². The van der Waals surface area contributed by atoms with Crippen molar-refractivity contribution in [2.45, 2.75) is 69.7 Å². The standard InChI is InChI=1S/C33H38N2O3/c36-32(21-20-28-14-10-11-19-31(28)38-33(37)29-15-6-2-7-16-29)35(30-17-8-3-9-18-30)34-24-22-27(23-25-34)26-12-4-1-5-13-26/h1-2,4-7,10-16,19,27,30H,3,8-9,17-18,20-25H2. The Labute approximate surface area is 226 Å². The van der Waals surface area contributed by atoms with Gasteiger partial charge in [-0.05, 0) is 67.3 Å². The Morgan fingerprint density at radius 3 is 2.11 bits per heavy atom. The summed E-state index contributed by atoms with van der Waals surface area (Å²) in [6.07, 6.45) is 8.87. The van der Waals surface area contributed by atoms with Gasteiger partial charge in [0.25, 0.3) is 0 Å². The maximum Gasteiger partial charge on any atom is 0.343 e. The van der Waals surface area contributed by atoms with Crippen molar-refractivity contribution in [3.63, 3.8) is 0 Å². The number of nitrogens with zero attached hydrogens (tertiary/aromatic N) is 2. The molecule has 5 heteroatoms. The van der Waals surface area contributed by atoms with Gasteiger partial charge in [-0.3, -0.25) is 9.80 Å². The summed E-state index contributed by atoms with van der Waals surface area (Å²) in [6.45, 7) is 1.82. The van der Waals surface area contributed by atoms with E-state index >= 15 is 0 Å². The smallest absolute Gasteiger partial charge is 0.343 e. The van der Waals surface area contributed by atoms with E-state index in [0.29, 0.717) is 30.1 Å². The number of esters is 1. The van der Waals surface area contributed by atoms with Gasteiger partial charge in [-0.2, -0.15) is 0 Å². The zero-order valence-electron chi connectivity index (χ0n) is 22.1. The molecule has 0 bridgehead atoms. The lowest BCUT2D eigenvalue weighted by Gasteiger charge is -2.45. The predicted octanol–water partition coefficient (Wildman–Crippen LogP) is 6.79. The number of hydrogen-bond acceptors (Lipinski definition) is 4. The van der Waals surface area contributed by atoms with Crippen LogP contribution in [0.15, 0.2) is 84.9 Å². The molecule has 0 unspecified atom stereocenters. The molecule has 0 aromatic heterocycles. The zero-order chi connectivity index (χ0) is 26.2. The highest BCUT2D eigenvalue weighted by Gasteiger charge is 2.33. The van der Waals surface area contributed by atoms with Gasteiger partial charge in [0.05, 0.1) is 5.56 Å². The molecule has 1 heterocycles. The molecule has 198 valence electrons. The summed E-state index contributed by atoms with van der Waals surface area (Å²) in [5.41, 5.74) is 2.81. The molecule has 38 heavy (non-hydrogen) atoms. The fourth-order valence-electron chi connectivity index (χ4n) is 5.96. The number of aryl methyl sites for hydroxylation is 1. The summed E-state index contributed by atoms with van der Waals surface area (Å²) < 4.78 is 5.74. The van der Waals surface area contributed by atoms with Crippen molar-refractivity contribution < 1.29 is 14.3 Å². The summed E-state index contributed by atoms with van der Waals surface area (Å²) in [5.74, 6) is 0.887. The first-order valence-electron chi connectivity index (χ1n) is 14.2. The van der Waals surface area contributed by atoms with Crippen LogP contribution in [0.1, 0.15) is 78.8 Å². The van der Waals surface area contributed by atoms with Crippen LogP contribution in [0.4, 0.5) is 0 Å². The quantitative estimate of drug-likeness (QED) is 0.247. The highest BCUT2D eigenvalue weighted by molar-refractivity contribution is 5.91. The van der Waals surface area contributed by atoms with Crippen molar-refractivity contribution in [3.05, 3.63) is 102 Å². The summed E-state index contributed by atoms with van der Waals surface area (Å²) in [5, 5.41) is 4.46. The van der Waals surface area contributed by atoms with Crippen molar-refractivity contribution in [2.24, 2.45) is 0 Å². The molecule has 1 aliphatic heterocycles. The maximum atomic E-state index is 13.8. The number of rotatable bonds is 8. The van der Waals surface area contributed by atoms with E-state index in [4.69, 9.17) is 4.74 Å². The monoisotopic (exact) mass is 510 g/mol. The topological polar surface area (TPSA) is 49.9 Å². The molecule has 1 amide bonds. The molecule has 5 rings (SSSR count). The van der Waals surface area contributed by atoms with E-state index < -0.39 is 0 Å². The average molecular weight is 511 g/mol. The van der Waals surface area contributed by atoms with E-state index in [2.05, 4.69) is 40.3 Å². The lowest BCUT2D eigenvalue weighted by Crippen LogP contribution is -2.55. The van der Waals surface area contributed by atoms with Gasteiger partial charge in [-0.1, -0.05) is 86.0 Å². The molecule has 1 saturated heterocycles. The van der Waals surface area contributed by atoms with Crippen LogP contribution in [-0.4, -0.2) is 41.0 Å². The van der Waals surface area contributed by atoms with Crippen LogP contribution in [0, 0.1) is 0 Å². The van der Waals surface area contributed by atoms with Crippen molar-refractivity contribution in [1.82, 2.24) is 10.0 Å². The molecule has 0 atom stereocenters. The largest absolute Gasteiger partial charge is 0.423 e. The second kappa shape index (κ2) is 12.9. The van der Waals surface area contributed by atoms with E-state index in [0.717, 1.165) is 44.3 Å². The number of benzene rings is 3. The molecule has 1 aliphatic carbocycles. The number of hydrazine groups is 1. The van der Waals surface area contributed by atoms with E-state index in [9.17, 15) is 9.59 Å². The number of ether oxygens (including phenoxy) is 1. The van der Waals surface area contributed by atoms with Gasteiger partial charge in [0, 0.05) is 25.6 Å². The van der Waals surface area contributed by atoms with Gasteiger partial charge in [0.1, 0.15) is 5.75 Å². The number of carbonyl (C=O) groups is 2. The lowest BCUT2D eigenvalue weighted by molar-refractivity contribution is -0.160. The third kappa shape index (κ3) is 6.51. The number of piperidine rings is 1. The van der Waals surface area contributed by atoms with Gasteiger partial charge >= 0.3 is 5.97 Å². The van der Waals surface area contributed by atoms with Gasteiger partial charge in [-0.25, -0.2) is 9.80 Å². The first kappa shape index (κ1) is 26.2. The van der Waals surface area contributed by atoms with E-state index in [1.54, 1.807) is 12.1 Å². The molecular weight excluding hydrogens is 472 g/mol. The Balaban J connectivity index is 1.25. The summed E-state index contributed by atoms with van der Waals surface area (Å²) in [6, 6.07) is 27.6. The van der Waals surface area contributed by atoms with Gasteiger partial charge in [0.2, 0.25) is 5.91 Å². The molecule has 2 fully saturated rings. The van der Waals surface area contributed by atoms with Crippen molar-refractivity contribution in [2.75, 3.05) is 13.1 Å². The van der Waals surface area contributed by atoms with E-state index in [-0.39, 0.29) is 17.9 Å². The molecule has 3 aromatic carbocycles. The van der Waals surface area contributed by atoms with Crippen molar-refractivity contribution in [3.8, 4) is 5.75 Å². The Kier molecular flexibility index (Phi) is 8.87. The first-order chi connectivity index (χ1) is 18.7. The van der Waals surface area contributed by atoms with Gasteiger partial charge in [-0.15, -0.1) is 0 Å². The van der Waals surface area contributed by atoms with Crippen LogP contribution in [0.5, 0.6) is 5.75 Å². The van der Waals surface area contributed by atoms with Crippen LogP contribution in [0.25, 0.3) is 0 Å². The summed E-state index contributed by atoms with van der Waals surface area (Å²) in [4.78, 5) is 26.4. The van der Waals surface area contributed by atoms with Crippen LogP contribution < -0.4 is 4.74 Å². The van der Waals surface area contributed by atoms with E-state index in [1.165, 1.54) is 24.8 Å². The average Bonchev–Trinajstić information content (AvgIpc) is 2.99. The molecular formula is C33H38N2O3. The summed E-state index contributed by atoms with van der Waals surface area (Å²) >= 11 is 0. The highest BCUT2D eigenvalue weighted by Crippen LogP contribution is 2.32. The maximum absolute atomic E-state index is 13.8. The van der Waals surface area contributed by atoms with Gasteiger partial charge in [0.15, 0.2) is 0 Å². The Morgan fingerprint density at radius 2 is 1.39 bits per heavy atom. The Bertz CT molecular complexity index is 1180. The molecule has 5 nitrogen and oxygen atoms in total. The molecule has 0 N–H and O–H groups in total. The highest BCUT2D eigenvalue weighted by atomic mass is 16.5. The fourth-order valence-corrected chi connectivity index (χ4v) is 5.96. The molecule has 3 aromatic rings. The minimum atomic E-state index is -0.380. The first-order valence-corrected chi connectivity index (χ1v) is 14.2. The van der Waals surface area contributed by atoms with Crippen LogP contribution in [0.2, 0.25) is 0 Å². The van der Waals surface area contributed by atoms with Crippen LogP contribution >= 0.6 is 0 Å². The number of hydrogen-bond donors (Lipinski definition) is 0. The third-order valence-corrected chi connectivity index (χ3v) is 8.02.